The first-order valence-electron chi connectivity index (χ1n) is 7.03. The third-order valence-corrected chi connectivity index (χ3v) is 5.56. The Balaban J connectivity index is 1.64. The van der Waals surface area contributed by atoms with Crippen LogP contribution in [-0.4, -0.2) is 55.0 Å². The molecule has 1 aromatic heterocycles. The number of nitrogens with zero attached hydrogens (tertiary/aromatic N) is 1. The molecule has 0 spiro atoms. The first kappa shape index (κ1) is 15.1. The fourth-order valence-corrected chi connectivity index (χ4v) is 3.87. The standard InChI is InChI=1S/C14H17BrN2O3S/c15-10-3-6-21-13(10)12(18)7-17-4-5-20-8-11(17)14(19)16-9-1-2-9/h3,6,9,11H,1-2,4-5,7-8H2,(H,16,19). The molecule has 114 valence electrons. The number of hydrogen-bond donors (Lipinski definition) is 1. The van der Waals surface area contributed by atoms with Crippen molar-refractivity contribution >= 4 is 39.0 Å². The molecule has 3 rings (SSSR count). The number of Topliss-reactive ketones (excluding diaryl/α,β-unsaturated/α-hetero) is 1. The maximum atomic E-state index is 12.4. The molecule has 2 heterocycles. The molecule has 7 heteroatoms. The average Bonchev–Trinajstić information content (AvgIpc) is 3.17. The van der Waals surface area contributed by atoms with Gasteiger partial charge in [-0.2, -0.15) is 0 Å². The van der Waals surface area contributed by atoms with Crippen molar-refractivity contribution in [3.8, 4) is 0 Å². The van der Waals surface area contributed by atoms with Crippen LogP contribution in [-0.2, 0) is 9.53 Å². The topological polar surface area (TPSA) is 58.6 Å². The largest absolute Gasteiger partial charge is 0.378 e. The molecular formula is C14H17BrN2O3S. The van der Waals surface area contributed by atoms with E-state index in [4.69, 9.17) is 4.74 Å². The minimum atomic E-state index is -0.359. The number of thiophene rings is 1. The van der Waals surface area contributed by atoms with E-state index in [0.717, 1.165) is 17.3 Å². The fraction of sp³-hybridized carbons (Fsp3) is 0.571. The smallest absolute Gasteiger partial charge is 0.239 e. The summed E-state index contributed by atoms with van der Waals surface area (Å²) in [4.78, 5) is 27.2. The molecule has 5 nitrogen and oxygen atoms in total. The van der Waals surface area contributed by atoms with Gasteiger partial charge in [0.25, 0.3) is 0 Å². The van der Waals surface area contributed by atoms with Gasteiger partial charge in [-0.05, 0) is 40.2 Å². The Morgan fingerprint density at radius 3 is 2.95 bits per heavy atom. The summed E-state index contributed by atoms with van der Waals surface area (Å²) in [5.74, 6) is 0.0262. The summed E-state index contributed by atoms with van der Waals surface area (Å²) in [6.07, 6.45) is 2.11. The zero-order valence-electron chi connectivity index (χ0n) is 11.5. The van der Waals surface area contributed by atoms with Crippen molar-refractivity contribution in [2.45, 2.75) is 24.9 Å². The SMILES string of the molecule is O=C(CN1CCOCC1C(=O)NC1CC1)c1sccc1Br. The molecule has 1 aliphatic carbocycles. The summed E-state index contributed by atoms with van der Waals surface area (Å²) in [5, 5.41) is 4.88. The highest BCUT2D eigenvalue weighted by Crippen LogP contribution is 2.24. The zero-order chi connectivity index (χ0) is 14.8. The molecule has 1 saturated heterocycles. The van der Waals surface area contributed by atoms with Gasteiger partial charge in [0, 0.05) is 17.1 Å². The minimum Gasteiger partial charge on any atom is -0.378 e. The molecule has 21 heavy (non-hydrogen) atoms. The molecule has 1 amide bonds. The summed E-state index contributed by atoms with van der Waals surface area (Å²) in [6.45, 7) is 1.78. The van der Waals surface area contributed by atoms with Gasteiger partial charge in [0.05, 0.1) is 24.6 Å². The van der Waals surface area contributed by atoms with E-state index in [9.17, 15) is 9.59 Å². The van der Waals surface area contributed by atoms with Crippen LogP contribution in [0, 0.1) is 0 Å². The van der Waals surface area contributed by atoms with Crippen LogP contribution in [0.4, 0.5) is 0 Å². The molecule has 2 aliphatic rings. The molecule has 1 unspecified atom stereocenters. The highest BCUT2D eigenvalue weighted by Gasteiger charge is 2.34. The van der Waals surface area contributed by atoms with E-state index in [0.29, 0.717) is 30.7 Å². The lowest BCUT2D eigenvalue weighted by atomic mass is 10.2. The second-order valence-corrected chi connectivity index (χ2v) is 7.14. The maximum Gasteiger partial charge on any atom is 0.239 e. The lowest BCUT2D eigenvalue weighted by molar-refractivity contribution is -0.132. The van der Waals surface area contributed by atoms with Gasteiger partial charge in [-0.1, -0.05) is 0 Å². The van der Waals surface area contributed by atoms with Crippen LogP contribution >= 0.6 is 27.3 Å². The molecule has 1 atom stereocenters. The molecule has 1 aromatic rings. The van der Waals surface area contributed by atoms with Gasteiger partial charge in [-0.25, -0.2) is 0 Å². The predicted octanol–water partition coefficient (Wildman–Crippen LogP) is 1.67. The van der Waals surface area contributed by atoms with E-state index < -0.39 is 0 Å². The number of rotatable bonds is 5. The van der Waals surface area contributed by atoms with Gasteiger partial charge in [0.1, 0.15) is 6.04 Å². The van der Waals surface area contributed by atoms with E-state index in [1.54, 1.807) is 0 Å². The number of amides is 1. The quantitative estimate of drug-likeness (QED) is 0.798. The van der Waals surface area contributed by atoms with Crippen molar-refractivity contribution < 1.29 is 14.3 Å². The van der Waals surface area contributed by atoms with E-state index >= 15 is 0 Å². The van der Waals surface area contributed by atoms with Gasteiger partial charge in [-0.15, -0.1) is 11.3 Å². The first-order chi connectivity index (χ1) is 10.1. The van der Waals surface area contributed by atoms with Gasteiger partial charge in [0.2, 0.25) is 5.91 Å². The first-order valence-corrected chi connectivity index (χ1v) is 8.71. The number of nitrogens with one attached hydrogen (secondary N) is 1. The van der Waals surface area contributed by atoms with E-state index in [-0.39, 0.29) is 24.3 Å². The van der Waals surface area contributed by atoms with Crippen molar-refractivity contribution in [2.24, 2.45) is 0 Å². The molecule has 0 bridgehead atoms. The number of ether oxygens (including phenoxy) is 1. The maximum absolute atomic E-state index is 12.4. The second-order valence-electron chi connectivity index (χ2n) is 5.36. The summed E-state index contributed by atoms with van der Waals surface area (Å²) in [7, 11) is 0. The Labute approximate surface area is 135 Å². The van der Waals surface area contributed by atoms with Crippen LogP contribution in [0.2, 0.25) is 0 Å². The Morgan fingerprint density at radius 1 is 1.48 bits per heavy atom. The second kappa shape index (κ2) is 6.56. The molecule has 1 saturated carbocycles. The van der Waals surface area contributed by atoms with Crippen LogP contribution in [0.5, 0.6) is 0 Å². The number of carbonyl (C=O) groups excluding carboxylic acids is 2. The van der Waals surface area contributed by atoms with E-state index in [1.807, 2.05) is 16.3 Å². The van der Waals surface area contributed by atoms with Crippen LogP contribution in [0.1, 0.15) is 22.5 Å². The normalized spacial score (nSPS) is 23.0. The minimum absolute atomic E-state index is 0.0183. The summed E-state index contributed by atoms with van der Waals surface area (Å²) in [6, 6.07) is 1.83. The number of morpholine rings is 1. The van der Waals surface area contributed by atoms with Gasteiger partial charge in [-0.3, -0.25) is 14.5 Å². The third-order valence-electron chi connectivity index (χ3n) is 3.68. The lowest BCUT2D eigenvalue weighted by Gasteiger charge is -2.33. The van der Waals surface area contributed by atoms with Crippen molar-refractivity contribution in [1.82, 2.24) is 10.2 Å². The third kappa shape index (κ3) is 3.71. The Kier molecular flexibility index (Phi) is 4.73. The number of hydrogen-bond acceptors (Lipinski definition) is 5. The lowest BCUT2D eigenvalue weighted by Crippen LogP contribution is -2.55. The highest BCUT2D eigenvalue weighted by atomic mass is 79.9. The molecule has 0 aromatic carbocycles. The predicted molar refractivity (Wildman–Crippen MR) is 83.7 cm³/mol. The van der Waals surface area contributed by atoms with Crippen molar-refractivity contribution in [1.29, 1.82) is 0 Å². The zero-order valence-corrected chi connectivity index (χ0v) is 13.9. The van der Waals surface area contributed by atoms with Gasteiger partial charge < -0.3 is 10.1 Å². The van der Waals surface area contributed by atoms with Crippen molar-refractivity contribution in [3.63, 3.8) is 0 Å². The number of carbonyl (C=O) groups is 2. The summed E-state index contributed by atoms with van der Waals surface area (Å²) in [5.41, 5.74) is 0. The summed E-state index contributed by atoms with van der Waals surface area (Å²) >= 11 is 4.81. The number of halogens is 1. The number of ketones is 1. The van der Waals surface area contributed by atoms with Crippen molar-refractivity contribution in [3.05, 3.63) is 20.8 Å². The monoisotopic (exact) mass is 372 g/mol. The Hall–Kier alpha value is -0.760. The summed E-state index contributed by atoms with van der Waals surface area (Å²) < 4.78 is 6.23. The average molecular weight is 373 g/mol. The highest BCUT2D eigenvalue weighted by molar-refractivity contribution is 9.10. The van der Waals surface area contributed by atoms with Crippen LogP contribution in [0.3, 0.4) is 0 Å². The molecule has 2 fully saturated rings. The van der Waals surface area contributed by atoms with Gasteiger partial charge >= 0.3 is 0 Å². The molecule has 0 radical (unpaired) electrons. The van der Waals surface area contributed by atoms with Crippen LogP contribution in [0.15, 0.2) is 15.9 Å². The Bertz CT molecular complexity index is 544. The van der Waals surface area contributed by atoms with E-state index in [2.05, 4.69) is 21.2 Å². The molecule has 1 N–H and O–H groups in total. The van der Waals surface area contributed by atoms with E-state index in [1.165, 1.54) is 11.3 Å². The Morgan fingerprint density at radius 2 is 2.29 bits per heavy atom. The van der Waals surface area contributed by atoms with Crippen LogP contribution in [0.25, 0.3) is 0 Å². The van der Waals surface area contributed by atoms with Crippen LogP contribution < -0.4 is 5.32 Å². The fourth-order valence-electron chi connectivity index (χ4n) is 2.34. The van der Waals surface area contributed by atoms with Gasteiger partial charge in [0.15, 0.2) is 5.78 Å². The van der Waals surface area contributed by atoms with Crippen molar-refractivity contribution in [2.75, 3.05) is 26.3 Å². The molecule has 1 aliphatic heterocycles. The molecular weight excluding hydrogens is 356 g/mol.